The number of esters is 1. The van der Waals surface area contributed by atoms with Crippen molar-refractivity contribution >= 4 is 5.97 Å². The van der Waals surface area contributed by atoms with Crippen molar-refractivity contribution < 1.29 is 19.7 Å². The van der Waals surface area contributed by atoms with Gasteiger partial charge in [0.05, 0.1) is 24.7 Å². The minimum atomic E-state index is -0.488. The van der Waals surface area contributed by atoms with Crippen molar-refractivity contribution in [1.29, 1.82) is 0 Å². The van der Waals surface area contributed by atoms with Crippen LogP contribution in [0.5, 0.6) is 0 Å². The van der Waals surface area contributed by atoms with Gasteiger partial charge < -0.3 is 14.9 Å². The molecular weight excluding hydrogens is 172 g/mol. The van der Waals surface area contributed by atoms with E-state index in [0.717, 1.165) is 0 Å². The second kappa shape index (κ2) is 2.25. The first-order valence-electron chi connectivity index (χ1n) is 4.73. The maximum absolute atomic E-state index is 11.3. The highest BCUT2D eigenvalue weighted by molar-refractivity contribution is 5.76. The number of hydrogen-bond acceptors (Lipinski definition) is 4. The van der Waals surface area contributed by atoms with Crippen LogP contribution in [0.25, 0.3) is 0 Å². The van der Waals surface area contributed by atoms with Crippen molar-refractivity contribution in [1.82, 2.24) is 0 Å². The molecule has 2 N–H and O–H groups in total. The summed E-state index contributed by atoms with van der Waals surface area (Å²) < 4.78 is 4.94. The van der Waals surface area contributed by atoms with Gasteiger partial charge >= 0.3 is 5.97 Å². The Bertz CT molecular complexity index is 262. The summed E-state index contributed by atoms with van der Waals surface area (Å²) in [6.07, 6.45) is -0.365. The number of cyclic esters (lactones) is 1. The molecule has 0 amide bonds. The number of carbonyl (C=O) groups excluding carboxylic acids is 1. The van der Waals surface area contributed by atoms with Gasteiger partial charge in [-0.15, -0.1) is 0 Å². The molecule has 1 aliphatic heterocycles. The van der Waals surface area contributed by atoms with E-state index in [0.29, 0.717) is 13.0 Å². The van der Waals surface area contributed by atoms with Crippen LogP contribution in [0.1, 0.15) is 6.42 Å². The Kier molecular flexibility index (Phi) is 1.34. The van der Waals surface area contributed by atoms with Gasteiger partial charge in [0.1, 0.15) is 0 Å². The normalized spacial score (nSPS) is 58.2. The Balaban J connectivity index is 1.98. The molecule has 0 unspecified atom stereocenters. The van der Waals surface area contributed by atoms with Gasteiger partial charge in [0, 0.05) is 17.8 Å². The first-order valence-corrected chi connectivity index (χ1v) is 4.73. The molecule has 2 aliphatic carbocycles. The lowest BCUT2D eigenvalue weighted by molar-refractivity contribution is -0.143. The smallest absolute Gasteiger partial charge is 0.309 e. The second-order valence-electron chi connectivity index (χ2n) is 4.35. The average molecular weight is 184 g/mol. The molecule has 0 aromatic heterocycles. The first kappa shape index (κ1) is 7.76. The summed E-state index contributed by atoms with van der Waals surface area (Å²) in [5.74, 6) is -0.426. The zero-order chi connectivity index (χ0) is 9.16. The number of aliphatic hydroxyl groups excluding tert-OH is 2. The summed E-state index contributed by atoms with van der Waals surface area (Å²) in [4.78, 5) is 11.3. The van der Waals surface area contributed by atoms with Crippen molar-refractivity contribution in [2.24, 2.45) is 23.7 Å². The SMILES string of the molecule is O=C1OC[C@@H]2[C@@H]1[C@@H]1C[C@@H](O)[C@@H]2[C@H]1O. The van der Waals surface area contributed by atoms with Crippen LogP contribution in [0.15, 0.2) is 0 Å². The molecule has 1 saturated heterocycles. The summed E-state index contributed by atoms with van der Waals surface area (Å²) in [5, 5.41) is 19.4. The Morgan fingerprint density at radius 1 is 1.31 bits per heavy atom. The zero-order valence-electron chi connectivity index (χ0n) is 7.09. The molecule has 3 fully saturated rings. The van der Waals surface area contributed by atoms with Crippen LogP contribution in [0.4, 0.5) is 0 Å². The largest absolute Gasteiger partial charge is 0.465 e. The Hall–Kier alpha value is -0.610. The van der Waals surface area contributed by atoms with E-state index in [2.05, 4.69) is 0 Å². The van der Waals surface area contributed by atoms with Crippen molar-refractivity contribution in [3.63, 3.8) is 0 Å². The van der Waals surface area contributed by atoms with Gasteiger partial charge in [0.2, 0.25) is 0 Å². The number of hydrogen-bond donors (Lipinski definition) is 2. The third-order valence-electron chi connectivity index (χ3n) is 3.90. The summed E-state index contributed by atoms with van der Waals surface area (Å²) >= 11 is 0. The highest BCUT2D eigenvalue weighted by Gasteiger charge is 2.63. The van der Waals surface area contributed by atoms with Crippen LogP contribution in [0.2, 0.25) is 0 Å². The topological polar surface area (TPSA) is 66.8 Å². The molecule has 0 aromatic rings. The van der Waals surface area contributed by atoms with Crippen LogP contribution in [-0.4, -0.2) is 35.0 Å². The van der Waals surface area contributed by atoms with Crippen LogP contribution >= 0.6 is 0 Å². The fourth-order valence-electron chi connectivity index (χ4n) is 3.38. The average Bonchev–Trinajstić information content (AvgIpc) is 2.64. The minimum Gasteiger partial charge on any atom is -0.465 e. The molecule has 13 heavy (non-hydrogen) atoms. The van der Waals surface area contributed by atoms with E-state index in [1.165, 1.54) is 0 Å². The summed E-state index contributed by atoms with van der Waals surface area (Å²) in [6, 6.07) is 0. The standard InChI is InChI=1S/C9H12O4/c10-5-1-3-6-4(2-13-9(6)12)7(5)8(3)11/h3-8,10-11H,1-2H2/t3-,4+,5+,6-,7+,8-/m0/s1. The van der Waals surface area contributed by atoms with E-state index in [-0.39, 0.29) is 29.6 Å². The van der Waals surface area contributed by atoms with E-state index < -0.39 is 12.2 Å². The monoisotopic (exact) mass is 184 g/mol. The maximum atomic E-state index is 11.3. The van der Waals surface area contributed by atoms with Crippen LogP contribution in [0.3, 0.4) is 0 Å². The highest BCUT2D eigenvalue weighted by Crippen LogP contribution is 2.55. The Morgan fingerprint density at radius 2 is 2.08 bits per heavy atom. The van der Waals surface area contributed by atoms with Crippen molar-refractivity contribution in [2.75, 3.05) is 6.61 Å². The van der Waals surface area contributed by atoms with Gasteiger partial charge in [-0.25, -0.2) is 0 Å². The molecule has 2 saturated carbocycles. The van der Waals surface area contributed by atoms with Crippen molar-refractivity contribution in [3.8, 4) is 0 Å². The zero-order valence-corrected chi connectivity index (χ0v) is 7.09. The molecule has 2 bridgehead atoms. The molecule has 0 spiro atoms. The van der Waals surface area contributed by atoms with E-state index in [1.807, 2.05) is 0 Å². The van der Waals surface area contributed by atoms with Gasteiger partial charge in [-0.1, -0.05) is 0 Å². The van der Waals surface area contributed by atoms with E-state index in [1.54, 1.807) is 0 Å². The predicted octanol–water partition coefficient (Wildman–Crippen LogP) is -0.853. The van der Waals surface area contributed by atoms with Crippen LogP contribution in [-0.2, 0) is 9.53 Å². The molecular formula is C9H12O4. The van der Waals surface area contributed by atoms with E-state index in [4.69, 9.17) is 4.74 Å². The Labute approximate surface area is 75.5 Å². The Morgan fingerprint density at radius 3 is 2.85 bits per heavy atom. The number of fused-ring (bicyclic) bond motifs is 5. The second-order valence-corrected chi connectivity index (χ2v) is 4.35. The molecule has 72 valence electrons. The number of carbonyl (C=O) groups is 1. The number of aliphatic hydroxyl groups is 2. The highest BCUT2D eigenvalue weighted by atomic mass is 16.5. The van der Waals surface area contributed by atoms with Crippen LogP contribution in [0, 0.1) is 23.7 Å². The maximum Gasteiger partial charge on any atom is 0.309 e. The first-order chi connectivity index (χ1) is 6.20. The fourth-order valence-corrected chi connectivity index (χ4v) is 3.38. The van der Waals surface area contributed by atoms with Crippen LogP contribution < -0.4 is 0 Å². The molecule has 1 heterocycles. The lowest BCUT2D eigenvalue weighted by atomic mass is 9.80. The molecule has 4 nitrogen and oxygen atoms in total. The van der Waals surface area contributed by atoms with Crippen molar-refractivity contribution in [2.45, 2.75) is 18.6 Å². The molecule has 3 rings (SSSR count). The molecule has 4 heteroatoms. The van der Waals surface area contributed by atoms with E-state index >= 15 is 0 Å². The quantitative estimate of drug-likeness (QED) is 0.481. The third-order valence-corrected chi connectivity index (χ3v) is 3.90. The summed E-state index contributed by atoms with van der Waals surface area (Å²) in [6.45, 7) is 0.388. The summed E-state index contributed by atoms with van der Waals surface area (Å²) in [7, 11) is 0. The van der Waals surface area contributed by atoms with Gasteiger partial charge in [0.25, 0.3) is 0 Å². The molecule has 0 aromatic carbocycles. The minimum absolute atomic E-state index is 0.0556. The van der Waals surface area contributed by atoms with Gasteiger partial charge in [-0.3, -0.25) is 4.79 Å². The summed E-state index contributed by atoms with van der Waals surface area (Å²) in [5.41, 5.74) is 0. The molecule has 3 aliphatic rings. The molecule has 6 atom stereocenters. The third kappa shape index (κ3) is 0.758. The fraction of sp³-hybridized carbons (Fsp3) is 0.889. The van der Waals surface area contributed by atoms with Gasteiger partial charge in [-0.2, -0.15) is 0 Å². The van der Waals surface area contributed by atoms with Gasteiger partial charge in [0.15, 0.2) is 0 Å². The van der Waals surface area contributed by atoms with E-state index in [9.17, 15) is 15.0 Å². The lowest BCUT2D eigenvalue weighted by Crippen LogP contribution is -2.31. The predicted molar refractivity (Wildman–Crippen MR) is 41.5 cm³/mol. The number of rotatable bonds is 0. The van der Waals surface area contributed by atoms with Gasteiger partial charge in [-0.05, 0) is 6.42 Å². The number of ether oxygens (including phenoxy) is 1. The molecule has 0 radical (unpaired) electrons. The van der Waals surface area contributed by atoms with Crippen molar-refractivity contribution in [3.05, 3.63) is 0 Å². The lowest BCUT2D eigenvalue weighted by Gasteiger charge is -2.23.